The first-order valence-electron chi connectivity index (χ1n) is 6.01. The van der Waals surface area contributed by atoms with Gasteiger partial charge in [-0.3, -0.25) is 14.5 Å². The molecule has 1 aliphatic heterocycles. The zero-order valence-electron chi connectivity index (χ0n) is 8.85. The molecule has 0 radical (unpaired) electrons. The van der Waals surface area contributed by atoms with Crippen molar-refractivity contribution in [1.29, 1.82) is 0 Å². The summed E-state index contributed by atoms with van der Waals surface area (Å²) in [7, 11) is 1.66. The quantitative estimate of drug-likeness (QED) is 0.551. The number of carbonyl (C=O) groups is 2. The van der Waals surface area contributed by atoms with Crippen LogP contribution in [0.25, 0.3) is 0 Å². The number of carbonyl (C=O) groups excluding carboxylic acids is 2. The molecule has 2 bridgehead atoms. The molecule has 3 saturated carbocycles. The summed E-state index contributed by atoms with van der Waals surface area (Å²) >= 11 is 0. The first kappa shape index (κ1) is 8.31. The Kier molecular flexibility index (Phi) is 1.26. The van der Waals surface area contributed by atoms with Crippen LogP contribution < -0.4 is 0 Å². The lowest BCUT2D eigenvalue weighted by atomic mass is 9.60. The molecule has 1 heterocycles. The molecule has 80 valence electrons. The maximum atomic E-state index is 12.0. The highest BCUT2D eigenvalue weighted by molar-refractivity contribution is 6.05. The highest BCUT2D eigenvalue weighted by atomic mass is 16.2. The summed E-state index contributed by atoms with van der Waals surface area (Å²) in [6.07, 6.45) is 3.77. The van der Waals surface area contributed by atoms with Crippen molar-refractivity contribution >= 4 is 11.8 Å². The third kappa shape index (κ3) is 0.704. The number of nitrogens with zero attached hydrogens (tertiary/aromatic N) is 1. The van der Waals surface area contributed by atoms with Gasteiger partial charge in [-0.2, -0.15) is 0 Å². The zero-order chi connectivity index (χ0) is 10.3. The number of fused-ring (bicyclic) bond motifs is 8. The summed E-state index contributed by atoms with van der Waals surface area (Å²) in [5.74, 6) is 3.08. The monoisotopic (exact) mass is 205 g/mol. The smallest absolute Gasteiger partial charge is 0.233 e. The number of rotatable bonds is 0. The third-order valence-corrected chi connectivity index (χ3v) is 5.57. The molecular weight excluding hydrogens is 190 g/mol. The van der Waals surface area contributed by atoms with E-state index in [1.165, 1.54) is 17.7 Å². The molecule has 1 saturated heterocycles. The summed E-state index contributed by atoms with van der Waals surface area (Å²) in [6, 6.07) is 0. The van der Waals surface area contributed by atoms with Gasteiger partial charge in [0.2, 0.25) is 11.8 Å². The molecule has 3 nitrogen and oxygen atoms in total. The van der Waals surface area contributed by atoms with Gasteiger partial charge >= 0.3 is 0 Å². The highest BCUT2D eigenvalue weighted by Gasteiger charge is 2.68. The second-order valence-corrected chi connectivity index (χ2v) is 5.76. The number of hydrogen-bond acceptors (Lipinski definition) is 2. The fraction of sp³-hybridized carbons (Fsp3) is 0.833. The molecule has 0 N–H and O–H groups in total. The minimum absolute atomic E-state index is 0.0778. The van der Waals surface area contributed by atoms with Gasteiger partial charge in [-0.25, -0.2) is 0 Å². The molecule has 0 aromatic carbocycles. The van der Waals surface area contributed by atoms with Gasteiger partial charge in [0.1, 0.15) is 0 Å². The van der Waals surface area contributed by atoms with Gasteiger partial charge in [-0.05, 0) is 42.9 Å². The maximum absolute atomic E-state index is 12.0. The average molecular weight is 205 g/mol. The molecule has 2 amide bonds. The van der Waals surface area contributed by atoms with Gasteiger partial charge < -0.3 is 0 Å². The summed E-state index contributed by atoms with van der Waals surface area (Å²) in [5, 5.41) is 0. The van der Waals surface area contributed by atoms with E-state index in [2.05, 4.69) is 0 Å². The summed E-state index contributed by atoms with van der Waals surface area (Å²) < 4.78 is 0. The number of likely N-dealkylation sites (tertiary alicyclic amines) is 1. The minimum Gasteiger partial charge on any atom is -0.285 e. The topological polar surface area (TPSA) is 37.4 Å². The first-order chi connectivity index (χ1) is 7.20. The predicted octanol–water partition coefficient (Wildman–Crippen LogP) is 0.893. The van der Waals surface area contributed by atoms with E-state index in [0.29, 0.717) is 11.8 Å². The average Bonchev–Trinajstić information content (AvgIpc) is 2.69. The maximum Gasteiger partial charge on any atom is 0.233 e. The van der Waals surface area contributed by atoms with Gasteiger partial charge in [0.25, 0.3) is 0 Å². The first-order valence-corrected chi connectivity index (χ1v) is 6.01. The van der Waals surface area contributed by atoms with Crippen LogP contribution in [-0.4, -0.2) is 23.8 Å². The Morgan fingerprint density at radius 1 is 0.933 bits per heavy atom. The number of amides is 2. The second kappa shape index (κ2) is 2.28. The van der Waals surface area contributed by atoms with Gasteiger partial charge in [-0.15, -0.1) is 0 Å². The van der Waals surface area contributed by atoms with Crippen LogP contribution in [0.15, 0.2) is 0 Å². The van der Waals surface area contributed by atoms with Crippen molar-refractivity contribution in [2.75, 3.05) is 7.05 Å². The van der Waals surface area contributed by atoms with E-state index < -0.39 is 0 Å². The Labute approximate surface area is 88.8 Å². The molecule has 0 aromatic rings. The van der Waals surface area contributed by atoms with Crippen LogP contribution in [0.3, 0.4) is 0 Å². The van der Waals surface area contributed by atoms with Crippen molar-refractivity contribution < 1.29 is 9.59 Å². The van der Waals surface area contributed by atoms with Crippen LogP contribution in [0.2, 0.25) is 0 Å². The van der Waals surface area contributed by atoms with Crippen LogP contribution in [-0.2, 0) is 9.59 Å². The SMILES string of the molecule is CN1C(=O)C2C3CC(C2C1=O)[C@@H]1CCC31. The zero-order valence-corrected chi connectivity index (χ0v) is 8.85. The molecule has 4 rings (SSSR count). The Bertz CT molecular complexity index is 344. The van der Waals surface area contributed by atoms with Gasteiger partial charge in [-0.1, -0.05) is 0 Å². The Morgan fingerprint density at radius 3 is 1.80 bits per heavy atom. The minimum atomic E-state index is 0.0778. The molecule has 0 aromatic heterocycles. The van der Waals surface area contributed by atoms with E-state index in [-0.39, 0.29) is 23.7 Å². The molecule has 0 spiro atoms. The van der Waals surface area contributed by atoms with Gasteiger partial charge in [0.15, 0.2) is 0 Å². The van der Waals surface area contributed by atoms with Crippen molar-refractivity contribution in [3.05, 3.63) is 0 Å². The number of imide groups is 1. The number of hydrogen-bond donors (Lipinski definition) is 0. The standard InChI is InChI=1S/C12H15NO2/c1-13-11(14)9-7-4-8(10(9)12(13)15)6-3-2-5(6)7/h5-10H,2-4H2,1H3/t5-,6?,7?,8?,9?,10?/m1/s1. The largest absolute Gasteiger partial charge is 0.285 e. The molecule has 4 aliphatic rings. The summed E-state index contributed by atoms with van der Waals surface area (Å²) in [5.41, 5.74) is 0. The van der Waals surface area contributed by atoms with Crippen LogP contribution >= 0.6 is 0 Å². The Balaban J connectivity index is 1.79. The molecule has 3 heteroatoms. The van der Waals surface area contributed by atoms with Crippen molar-refractivity contribution in [1.82, 2.24) is 4.90 Å². The summed E-state index contributed by atoms with van der Waals surface area (Å²) in [4.78, 5) is 25.3. The Hall–Kier alpha value is -0.860. The van der Waals surface area contributed by atoms with Gasteiger partial charge in [0, 0.05) is 7.05 Å². The van der Waals surface area contributed by atoms with Crippen molar-refractivity contribution in [3.63, 3.8) is 0 Å². The van der Waals surface area contributed by atoms with E-state index in [9.17, 15) is 9.59 Å². The molecule has 5 unspecified atom stereocenters. The van der Waals surface area contributed by atoms with E-state index >= 15 is 0 Å². The highest BCUT2D eigenvalue weighted by Crippen LogP contribution is 2.67. The fourth-order valence-electron chi connectivity index (χ4n) is 4.87. The van der Waals surface area contributed by atoms with E-state index in [1.54, 1.807) is 7.05 Å². The van der Waals surface area contributed by atoms with Crippen LogP contribution in [0.4, 0.5) is 0 Å². The lowest BCUT2D eigenvalue weighted by molar-refractivity contribution is -0.139. The molecule has 3 aliphatic carbocycles. The van der Waals surface area contributed by atoms with E-state index in [0.717, 1.165) is 18.3 Å². The molecule has 15 heavy (non-hydrogen) atoms. The molecular formula is C12H15NO2. The van der Waals surface area contributed by atoms with E-state index in [1.807, 2.05) is 0 Å². The molecule has 4 fully saturated rings. The second-order valence-electron chi connectivity index (χ2n) is 5.76. The lowest BCUT2D eigenvalue weighted by Crippen LogP contribution is -2.41. The summed E-state index contributed by atoms with van der Waals surface area (Å²) in [6.45, 7) is 0. The fourth-order valence-corrected chi connectivity index (χ4v) is 4.87. The van der Waals surface area contributed by atoms with Crippen molar-refractivity contribution in [2.24, 2.45) is 35.5 Å². The van der Waals surface area contributed by atoms with Crippen LogP contribution in [0.1, 0.15) is 19.3 Å². The van der Waals surface area contributed by atoms with Crippen LogP contribution in [0, 0.1) is 35.5 Å². The van der Waals surface area contributed by atoms with Crippen LogP contribution in [0.5, 0.6) is 0 Å². The predicted molar refractivity (Wildman–Crippen MR) is 52.6 cm³/mol. The third-order valence-electron chi connectivity index (χ3n) is 5.57. The van der Waals surface area contributed by atoms with Crippen molar-refractivity contribution in [2.45, 2.75) is 19.3 Å². The molecule has 6 atom stereocenters. The Morgan fingerprint density at radius 2 is 1.40 bits per heavy atom. The normalized spacial score (nSPS) is 55.7. The van der Waals surface area contributed by atoms with E-state index in [4.69, 9.17) is 0 Å². The van der Waals surface area contributed by atoms with Gasteiger partial charge in [0.05, 0.1) is 11.8 Å². The van der Waals surface area contributed by atoms with Crippen molar-refractivity contribution in [3.8, 4) is 0 Å². The lowest BCUT2D eigenvalue weighted by Gasteiger charge is -2.43.